The highest BCUT2D eigenvalue weighted by atomic mass is 79.9. The Hall–Kier alpha value is -1.95. The van der Waals surface area contributed by atoms with Gasteiger partial charge >= 0.3 is 0 Å². The lowest BCUT2D eigenvalue weighted by Crippen LogP contribution is -2.22. The second kappa shape index (κ2) is 5.79. The molecule has 0 aliphatic heterocycles. The molecule has 0 atom stereocenters. The van der Waals surface area contributed by atoms with Crippen LogP contribution in [0.4, 0.5) is 5.69 Å². The molecule has 0 radical (unpaired) electrons. The van der Waals surface area contributed by atoms with Crippen molar-refractivity contribution < 1.29 is 13.9 Å². The molecule has 1 amide bonds. The number of nitrogens with two attached hydrogens (primary N) is 1. The summed E-state index contributed by atoms with van der Waals surface area (Å²) < 4.78 is 10.7. The van der Waals surface area contributed by atoms with Gasteiger partial charge in [-0.2, -0.15) is 0 Å². The van der Waals surface area contributed by atoms with Crippen LogP contribution in [0.15, 0.2) is 39.4 Å². The van der Waals surface area contributed by atoms with Gasteiger partial charge in [0.2, 0.25) is 0 Å². The Morgan fingerprint density at radius 1 is 1.42 bits per heavy atom. The average Bonchev–Trinajstić information content (AvgIpc) is 2.83. The van der Waals surface area contributed by atoms with Crippen molar-refractivity contribution in [2.75, 3.05) is 12.8 Å². The maximum atomic E-state index is 11.8. The average molecular weight is 325 g/mol. The number of nitrogen functional groups attached to an aromatic ring is 1. The van der Waals surface area contributed by atoms with Crippen molar-refractivity contribution in [3.63, 3.8) is 0 Å². The zero-order valence-corrected chi connectivity index (χ0v) is 11.9. The van der Waals surface area contributed by atoms with Gasteiger partial charge in [0, 0.05) is 6.54 Å². The fraction of sp³-hybridized carbons (Fsp3) is 0.154. The fourth-order valence-electron chi connectivity index (χ4n) is 1.60. The number of rotatable bonds is 4. The lowest BCUT2D eigenvalue weighted by atomic mass is 10.2. The van der Waals surface area contributed by atoms with Gasteiger partial charge in [0.25, 0.3) is 5.91 Å². The van der Waals surface area contributed by atoms with Gasteiger partial charge in [-0.3, -0.25) is 4.79 Å². The second-order valence-corrected chi connectivity index (χ2v) is 4.64. The van der Waals surface area contributed by atoms with Crippen molar-refractivity contribution >= 4 is 27.5 Å². The van der Waals surface area contributed by atoms with E-state index in [9.17, 15) is 4.79 Å². The molecule has 5 nitrogen and oxygen atoms in total. The lowest BCUT2D eigenvalue weighted by molar-refractivity contribution is 0.0922. The van der Waals surface area contributed by atoms with Crippen LogP contribution >= 0.6 is 15.9 Å². The molecule has 19 heavy (non-hydrogen) atoms. The molecule has 0 fully saturated rings. The van der Waals surface area contributed by atoms with Gasteiger partial charge in [-0.1, -0.05) is 6.07 Å². The van der Waals surface area contributed by atoms with Crippen LogP contribution in [-0.4, -0.2) is 13.0 Å². The van der Waals surface area contributed by atoms with Crippen LogP contribution in [0.2, 0.25) is 0 Å². The van der Waals surface area contributed by atoms with Gasteiger partial charge in [0.05, 0.1) is 12.8 Å². The molecule has 3 N–H and O–H groups in total. The molecule has 0 aliphatic carbocycles. The standard InChI is InChI=1S/C13H13BrN2O3/c1-18-10-3-2-8(6-9(10)15)7-16-13(17)11-4-5-12(14)19-11/h2-6H,7,15H2,1H3,(H,16,17). The zero-order valence-electron chi connectivity index (χ0n) is 10.3. The number of furan rings is 1. The number of ether oxygens (including phenoxy) is 1. The molecule has 0 saturated carbocycles. The van der Waals surface area contributed by atoms with Crippen molar-refractivity contribution in [1.82, 2.24) is 5.32 Å². The van der Waals surface area contributed by atoms with Crippen LogP contribution in [0.1, 0.15) is 16.1 Å². The van der Waals surface area contributed by atoms with Gasteiger partial charge in [0.1, 0.15) is 5.75 Å². The molecule has 1 aromatic carbocycles. The summed E-state index contributed by atoms with van der Waals surface area (Å²) in [5.74, 6) is 0.596. The Morgan fingerprint density at radius 3 is 2.79 bits per heavy atom. The second-order valence-electron chi connectivity index (χ2n) is 3.86. The highest BCUT2D eigenvalue weighted by molar-refractivity contribution is 9.10. The summed E-state index contributed by atoms with van der Waals surface area (Å²) in [6.45, 7) is 0.366. The number of amides is 1. The van der Waals surface area contributed by atoms with Crippen molar-refractivity contribution in [2.45, 2.75) is 6.54 Å². The normalized spacial score (nSPS) is 10.2. The number of halogens is 1. The summed E-state index contributed by atoms with van der Waals surface area (Å²) in [6.07, 6.45) is 0. The Bertz CT molecular complexity index is 595. The van der Waals surface area contributed by atoms with Crippen LogP contribution in [0.5, 0.6) is 5.75 Å². The molecule has 0 bridgehead atoms. The molecule has 0 unspecified atom stereocenters. The minimum atomic E-state index is -0.278. The largest absolute Gasteiger partial charge is 0.495 e. The topological polar surface area (TPSA) is 77.5 Å². The van der Waals surface area contributed by atoms with Crippen molar-refractivity contribution in [1.29, 1.82) is 0 Å². The molecule has 2 rings (SSSR count). The number of carbonyl (C=O) groups excluding carboxylic acids is 1. The third-order valence-electron chi connectivity index (χ3n) is 2.54. The zero-order chi connectivity index (χ0) is 13.8. The molecular weight excluding hydrogens is 312 g/mol. The first-order valence-corrected chi connectivity index (χ1v) is 6.35. The van der Waals surface area contributed by atoms with E-state index >= 15 is 0 Å². The number of methoxy groups -OCH3 is 1. The molecule has 1 aromatic heterocycles. The molecule has 2 aromatic rings. The number of carbonyl (C=O) groups is 1. The van der Waals surface area contributed by atoms with E-state index in [4.69, 9.17) is 14.9 Å². The minimum absolute atomic E-state index is 0.258. The van der Waals surface area contributed by atoms with Gasteiger partial charge in [-0.15, -0.1) is 0 Å². The van der Waals surface area contributed by atoms with E-state index in [2.05, 4.69) is 21.2 Å². The van der Waals surface area contributed by atoms with Crippen LogP contribution in [-0.2, 0) is 6.54 Å². The fourth-order valence-corrected chi connectivity index (χ4v) is 1.91. The van der Waals surface area contributed by atoms with E-state index < -0.39 is 0 Å². The first-order valence-electron chi connectivity index (χ1n) is 5.56. The van der Waals surface area contributed by atoms with Crippen LogP contribution < -0.4 is 15.8 Å². The molecule has 0 aliphatic rings. The highest BCUT2D eigenvalue weighted by Gasteiger charge is 2.10. The Balaban J connectivity index is 1.99. The minimum Gasteiger partial charge on any atom is -0.495 e. The molecule has 6 heteroatoms. The van der Waals surface area contributed by atoms with E-state index in [1.54, 1.807) is 31.4 Å². The van der Waals surface area contributed by atoms with Crippen molar-refractivity contribution in [3.05, 3.63) is 46.3 Å². The van der Waals surface area contributed by atoms with Gasteiger partial charge in [-0.25, -0.2) is 0 Å². The summed E-state index contributed by atoms with van der Waals surface area (Å²) in [5.41, 5.74) is 7.21. The van der Waals surface area contributed by atoms with E-state index in [0.29, 0.717) is 22.7 Å². The Kier molecular flexibility index (Phi) is 4.11. The molecule has 100 valence electrons. The Labute approximate surface area is 118 Å². The number of hydrogen-bond donors (Lipinski definition) is 2. The monoisotopic (exact) mass is 324 g/mol. The summed E-state index contributed by atoms with van der Waals surface area (Å²) in [5, 5.41) is 2.74. The number of nitrogens with one attached hydrogen (secondary N) is 1. The predicted octanol–water partition coefficient (Wildman–Crippen LogP) is 2.56. The van der Waals surface area contributed by atoms with Crippen molar-refractivity contribution in [2.24, 2.45) is 0 Å². The predicted molar refractivity (Wildman–Crippen MR) is 75.0 cm³/mol. The number of anilines is 1. The lowest BCUT2D eigenvalue weighted by Gasteiger charge is -2.07. The van der Waals surface area contributed by atoms with Crippen molar-refractivity contribution in [3.8, 4) is 5.75 Å². The maximum Gasteiger partial charge on any atom is 0.287 e. The SMILES string of the molecule is COc1ccc(CNC(=O)c2ccc(Br)o2)cc1N. The highest BCUT2D eigenvalue weighted by Crippen LogP contribution is 2.21. The quantitative estimate of drug-likeness (QED) is 0.847. The third-order valence-corrected chi connectivity index (χ3v) is 2.97. The van der Waals surface area contributed by atoms with E-state index in [0.717, 1.165) is 5.56 Å². The smallest absolute Gasteiger partial charge is 0.287 e. The van der Waals surface area contributed by atoms with Crippen LogP contribution in [0.3, 0.4) is 0 Å². The molecule has 0 spiro atoms. The van der Waals surface area contributed by atoms with Crippen LogP contribution in [0.25, 0.3) is 0 Å². The molecular formula is C13H13BrN2O3. The summed E-state index contributed by atoms with van der Waals surface area (Å²) in [4.78, 5) is 11.8. The maximum absolute atomic E-state index is 11.8. The number of benzene rings is 1. The van der Waals surface area contributed by atoms with E-state index in [1.807, 2.05) is 6.07 Å². The first-order chi connectivity index (χ1) is 9.10. The first kappa shape index (κ1) is 13.5. The van der Waals surface area contributed by atoms with Gasteiger partial charge < -0.3 is 20.2 Å². The summed E-state index contributed by atoms with van der Waals surface area (Å²) in [6, 6.07) is 8.63. The third kappa shape index (κ3) is 3.29. The Morgan fingerprint density at radius 2 is 2.21 bits per heavy atom. The molecule has 0 saturated heterocycles. The summed E-state index contributed by atoms with van der Waals surface area (Å²) in [7, 11) is 1.56. The van der Waals surface area contributed by atoms with Gasteiger partial charge in [0.15, 0.2) is 10.4 Å². The molecule has 1 heterocycles. The van der Waals surface area contributed by atoms with Crippen LogP contribution in [0, 0.1) is 0 Å². The van der Waals surface area contributed by atoms with E-state index in [-0.39, 0.29) is 11.7 Å². The number of hydrogen-bond acceptors (Lipinski definition) is 4. The summed E-state index contributed by atoms with van der Waals surface area (Å²) >= 11 is 3.14. The van der Waals surface area contributed by atoms with E-state index in [1.165, 1.54) is 0 Å². The van der Waals surface area contributed by atoms with Gasteiger partial charge in [-0.05, 0) is 45.8 Å².